The van der Waals surface area contributed by atoms with Crippen molar-refractivity contribution in [2.45, 2.75) is 50.9 Å². The maximum absolute atomic E-state index is 13.1. The van der Waals surface area contributed by atoms with Crippen LogP contribution >= 0.6 is 0 Å². The third-order valence-corrected chi connectivity index (χ3v) is 11.4. The number of aromatic amines is 1. The Hall–Kier alpha value is -6.80. The van der Waals surface area contributed by atoms with Gasteiger partial charge in [0.05, 0.1) is 23.7 Å². The van der Waals surface area contributed by atoms with Crippen molar-refractivity contribution < 1.29 is 29.3 Å². The second kappa shape index (κ2) is 21.3. The van der Waals surface area contributed by atoms with E-state index in [4.69, 9.17) is 4.74 Å². The molecule has 13 nitrogen and oxygen atoms in total. The number of carbonyl (C=O) groups excluding carboxylic acids is 3. The van der Waals surface area contributed by atoms with Gasteiger partial charge in [0.1, 0.15) is 11.9 Å². The smallest absolute Gasteiger partial charge is 0.411 e. The number of phenols is 1. The van der Waals surface area contributed by atoms with Crippen LogP contribution in [-0.4, -0.2) is 83.9 Å². The number of benzene rings is 5. The first-order valence-corrected chi connectivity index (χ1v) is 21.4. The Bertz CT molecular complexity index is 2560. The molecule has 2 heterocycles. The number of aromatic nitrogens is 1. The van der Waals surface area contributed by atoms with Crippen molar-refractivity contribution >= 4 is 40.2 Å². The molecule has 5 aromatic carbocycles. The highest BCUT2D eigenvalue weighted by atomic mass is 16.6. The predicted molar refractivity (Wildman–Crippen MR) is 246 cm³/mol. The SMILES string of the molecule is CN(C(=O)CCN1CCC(OC(=O)Nc2ccccc2-c2ccccc2)CC1)c1ccc(CC(=O)NCc2cccc(CCNC[C@H](O)c3ccc(O)c4[nH]c(=O)ccc34)c2)cc1. The topological polar surface area (TPSA) is 176 Å². The molecule has 0 radical (unpaired) electrons. The Balaban J connectivity index is 0.780. The summed E-state index contributed by atoms with van der Waals surface area (Å²) in [6, 6.07) is 39.1. The number of hydrogen-bond donors (Lipinski definition) is 6. The summed E-state index contributed by atoms with van der Waals surface area (Å²) >= 11 is 0. The van der Waals surface area contributed by atoms with E-state index in [9.17, 15) is 29.4 Å². The number of likely N-dealkylation sites (tertiary alicyclic amines) is 1. The van der Waals surface area contributed by atoms with Gasteiger partial charge in [0, 0.05) is 68.9 Å². The maximum Gasteiger partial charge on any atom is 0.411 e. The molecule has 3 amide bonds. The van der Waals surface area contributed by atoms with E-state index in [0.717, 1.165) is 46.6 Å². The number of para-hydroxylation sites is 1. The number of aliphatic hydroxyl groups excluding tert-OH is 1. The summed E-state index contributed by atoms with van der Waals surface area (Å²) < 4.78 is 5.78. The molecular weight excluding hydrogens is 797 g/mol. The Kier molecular flexibility index (Phi) is 15.0. The predicted octanol–water partition coefficient (Wildman–Crippen LogP) is 6.69. The van der Waals surface area contributed by atoms with Gasteiger partial charge in [-0.3, -0.25) is 19.7 Å². The molecule has 7 rings (SSSR count). The van der Waals surface area contributed by atoms with E-state index in [1.165, 1.54) is 12.1 Å². The number of phenolic OH excluding ortho intramolecular Hbond substituents is 1. The van der Waals surface area contributed by atoms with Gasteiger partial charge in [0.15, 0.2) is 0 Å². The Morgan fingerprint density at radius 2 is 1.60 bits per heavy atom. The van der Waals surface area contributed by atoms with Gasteiger partial charge >= 0.3 is 6.09 Å². The lowest BCUT2D eigenvalue weighted by Crippen LogP contribution is -2.40. The molecule has 1 fully saturated rings. The van der Waals surface area contributed by atoms with Crippen molar-refractivity contribution in [2.75, 3.05) is 50.0 Å². The van der Waals surface area contributed by atoms with E-state index in [2.05, 4.69) is 31.9 Å². The molecule has 1 aliphatic heterocycles. The molecule has 1 aromatic heterocycles. The molecule has 1 aliphatic rings. The largest absolute Gasteiger partial charge is 0.506 e. The lowest BCUT2D eigenvalue weighted by atomic mass is 10.0. The van der Waals surface area contributed by atoms with E-state index in [0.29, 0.717) is 67.5 Å². The van der Waals surface area contributed by atoms with Crippen molar-refractivity contribution in [3.63, 3.8) is 0 Å². The molecule has 1 saturated heterocycles. The minimum absolute atomic E-state index is 0.00620. The zero-order chi connectivity index (χ0) is 44.1. The van der Waals surface area contributed by atoms with E-state index in [1.807, 2.05) is 97.1 Å². The van der Waals surface area contributed by atoms with Crippen LogP contribution in [-0.2, 0) is 33.7 Å². The number of hydrogen-bond acceptors (Lipinski definition) is 9. The number of fused-ring (bicyclic) bond motifs is 1. The fourth-order valence-corrected chi connectivity index (χ4v) is 7.88. The van der Waals surface area contributed by atoms with Crippen molar-refractivity contribution in [3.8, 4) is 16.9 Å². The van der Waals surface area contributed by atoms with Gasteiger partial charge in [0.25, 0.3) is 0 Å². The van der Waals surface area contributed by atoms with Crippen LogP contribution in [0.25, 0.3) is 22.0 Å². The van der Waals surface area contributed by atoms with Crippen molar-refractivity contribution in [3.05, 3.63) is 160 Å². The summed E-state index contributed by atoms with van der Waals surface area (Å²) in [6.07, 6.45) is 1.16. The number of aromatic hydroxyl groups is 1. The molecular formula is C50H54N6O7. The number of amides is 3. The summed E-state index contributed by atoms with van der Waals surface area (Å²) in [7, 11) is 1.76. The second-order valence-corrected chi connectivity index (χ2v) is 15.9. The van der Waals surface area contributed by atoms with Crippen LogP contribution in [0, 0.1) is 0 Å². The maximum atomic E-state index is 13.1. The minimum Gasteiger partial charge on any atom is -0.506 e. The summed E-state index contributed by atoms with van der Waals surface area (Å²) in [6.45, 7) is 3.36. The first-order valence-electron chi connectivity index (χ1n) is 21.4. The zero-order valence-corrected chi connectivity index (χ0v) is 35.4. The second-order valence-electron chi connectivity index (χ2n) is 15.9. The van der Waals surface area contributed by atoms with Crippen LogP contribution in [0.5, 0.6) is 5.75 Å². The number of nitrogens with one attached hydrogen (secondary N) is 4. The first-order chi connectivity index (χ1) is 30.6. The molecule has 0 unspecified atom stereocenters. The van der Waals surface area contributed by atoms with E-state index in [1.54, 1.807) is 24.1 Å². The van der Waals surface area contributed by atoms with Crippen LogP contribution in [0.1, 0.15) is 47.6 Å². The van der Waals surface area contributed by atoms with Crippen LogP contribution in [0.15, 0.2) is 132 Å². The Morgan fingerprint density at radius 1 is 0.857 bits per heavy atom. The third-order valence-electron chi connectivity index (χ3n) is 11.4. The molecule has 0 bridgehead atoms. The fraction of sp³-hybridized carbons (Fsp3) is 0.280. The van der Waals surface area contributed by atoms with Crippen LogP contribution in [0.4, 0.5) is 16.2 Å². The zero-order valence-electron chi connectivity index (χ0n) is 35.4. The van der Waals surface area contributed by atoms with Gasteiger partial charge in [-0.05, 0) is 84.0 Å². The Morgan fingerprint density at radius 3 is 2.40 bits per heavy atom. The highest BCUT2D eigenvalue weighted by molar-refractivity contribution is 5.93. The lowest BCUT2D eigenvalue weighted by molar-refractivity contribution is -0.120. The first kappa shape index (κ1) is 44.3. The average Bonchev–Trinajstić information content (AvgIpc) is 3.30. The van der Waals surface area contributed by atoms with Crippen molar-refractivity contribution in [2.24, 2.45) is 0 Å². The third kappa shape index (κ3) is 12.2. The van der Waals surface area contributed by atoms with Crippen molar-refractivity contribution in [1.82, 2.24) is 20.5 Å². The highest BCUT2D eigenvalue weighted by Crippen LogP contribution is 2.30. The monoisotopic (exact) mass is 850 g/mol. The summed E-state index contributed by atoms with van der Waals surface area (Å²) in [5.74, 6) is -0.165. The molecule has 63 heavy (non-hydrogen) atoms. The normalized spacial score (nSPS) is 13.6. The summed E-state index contributed by atoms with van der Waals surface area (Å²) in [5, 5.41) is 30.8. The number of rotatable bonds is 17. The summed E-state index contributed by atoms with van der Waals surface area (Å²) in [4.78, 5) is 57.0. The molecule has 0 spiro atoms. The molecule has 1 atom stereocenters. The van der Waals surface area contributed by atoms with E-state index in [-0.39, 0.29) is 42.2 Å². The van der Waals surface area contributed by atoms with E-state index < -0.39 is 12.2 Å². The quantitative estimate of drug-likeness (QED) is 0.0546. The molecule has 6 N–H and O–H groups in total. The lowest BCUT2D eigenvalue weighted by Gasteiger charge is -2.31. The number of piperidine rings is 1. The van der Waals surface area contributed by atoms with Gasteiger partial charge < -0.3 is 40.4 Å². The Labute approximate surface area is 366 Å². The van der Waals surface area contributed by atoms with Crippen molar-refractivity contribution in [1.29, 1.82) is 0 Å². The van der Waals surface area contributed by atoms with Gasteiger partial charge in [-0.2, -0.15) is 0 Å². The highest BCUT2D eigenvalue weighted by Gasteiger charge is 2.24. The molecule has 326 valence electrons. The average molecular weight is 851 g/mol. The number of nitrogens with zero attached hydrogens (tertiary/aromatic N) is 2. The standard InChI is InChI=1S/C50H54N6O7/c1-55(48(61)25-29-56-27-23-39(24-28-56)63-50(62)53-43-13-6-5-12-40(43)37-10-3-2-4-11-37)38-16-14-35(15-17-38)31-47(60)52-32-36-9-7-8-34(30-36)22-26-51-33-45(58)41-18-20-44(57)49-42(41)19-21-46(59)54-49/h2-21,30,39,45,51,57-58H,22-29,31-33H2,1H3,(H,52,60)(H,53,62)(H,54,59)/t45-/m0/s1. The van der Waals surface area contributed by atoms with E-state index >= 15 is 0 Å². The van der Waals surface area contributed by atoms with Crippen LogP contribution < -0.4 is 26.4 Å². The molecule has 0 aliphatic carbocycles. The van der Waals surface area contributed by atoms with Gasteiger partial charge in [-0.15, -0.1) is 0 Å². The van der Waals surface area contributed by atoms with Crippen LogP contribution in [0.3, 0.4) is 0 Å². The summed E-state index contributed by atoms with van der Waals surface area (Å²) in [5.41, 5.74) is 6.87. The minimum atomic E-state index is -0.840. The fourth-order valence-electron chi connectivity index (χ4n) is 7.88. The van der Waals surface area contributed by atoms with Gasteiger partial charge in [-0.25, -0.2) is 4.79 Å². The molecule has 13 heteroatoms. The molecule has 6 aromatic rings. The number of H-pyrrole nitrogens is 1. The van der Waals surface area contributed by atoms with Crippen LogP contribution in [0.2, 0.25) is 0 Å². The molecule has 0 saturated carbocycles. The van der Waals surface area contributed by atoms with Gasteiger partial charge in [-0.1, -0.05) is 91.0 Å². The number of aliphatic hydroxyl groups is 1. The number of anilines is 2. The number of carbonyl (C=O) groups is 3. The van der Waals surface area contributed by atoms with Gasteiger partial charge in [0.2, 0.25) is 17.4 Å². The number of ether oxygens (including phenoxy) is 1. The number of pyridine rings is 1.